The average molecular weight is 275 g/mol. The lowest BCUT2D eigenvalue weighted by Gasteiger charge is -2.32. The van der Waals surface area contributed by atoms with Gasteiger partial charge in [0.05, 0.1) is 13.2 Å². The van der Waals surface area contributed by atoms with Gasteiger partial charge in [-0.1, -0.05) is 60.7 Å². The Kier molecular flexibility index (Phi) is 3.56. The van der Waals surface area contributed by atoms with Crippen LogP contribution in [-0.2, 0) is 15.3 Å². The first-order chi connectivity index (χ1) is 9.33. The molecule has 2 aromatic carbocycles. The third-order valence-electron chi connectivity index (χ3n) is 3.32. The Balaban J connectivity index is 2.02. The zero-order valence-corrected chi connectivity index (χ0v) is 11.2. The van der Waals surface area contributed by atoms with Gasteiger partial charge in [-0.3, -0.25) is 0 Å². The van der Waals surface area contributed by atoms with Crippen LogP contribution in [0.15, 0.2) is 60.7 Å². The summed E-state index contributed by atoms with van der Waals surface area (Å²) in [5, 5.41) is -0.376. The Bertz CT molecular complexity index is 521. The summed E-state index contributed by atoms with van der Waals surface area (Å²) in [5.41, 5.74) is 1.95. The van der Waals surface area contributed by atoms with Crippen LogP contribution in [0, 0.1) is 0 Å². The molecule has 19 heavy (non-hydrogen) atoms. The van der Waals surface area contributed by atoms with Gasteiger partial charge in [-0.15, -0.1) is 11.6 Å². The minimum absolute atomic E-state index is 0.376. The smallest absolute Gasteiger partial charge is 0.216 e. The summed E-state index contributed by atoms with van der Waals surface area (Å²) in [4.78, 5) is 0. The maximum atomic E-state index is 6.65. The van der Waals surface area contributed by atoms with Crippen LogP contribution in [0.3, 0.4) is 0 Å². The van der Waals surface area contributed by atoms with E-state index in [9.17, 15) is 0 Å². The summed E-state index contributed by atoms with van der Waals surface area (Å²) in [6, 6.07) is 19.8. The van der Waals surface area contributed by atoms with Crippen molar-refractivity contribution < 1.29 is 9.47 Å². The highest BCUT2D eigenvalue weighted by atomic mass is 35.5. The molecule has 1 heterocycles. The number of benzene rings is 2. The second kappa shape index (κ2) is 5.33. The standard InChI is InChI=1S/C16H15ClO2/c17-15(13-7-3-1-4-8-13)16(18-11-12-19-16)14-9-5-2-6-10-14/h1-10,15H,11-12H2. The van der Waals surface area contributed by atoms with E-state index in [1.54, 1.807) is 0 Å². The van der Waals surface area contributed by atoms with Gasteiger partial charge >= 0.3 is 0 Å². The normalized spacial score (nSPS) is 19.2. The molecule has 2 aromatic rings. The molecule has 0 saturated carbocycles. The lowest BCUT2D eigenvalue weighted by molar-refractivity contribution is -0.168. The summed E-state index contributed by atoms with van der Waals surface area (Å²) in [7, 11) is 0. The first-order valence-electron chi connectivity index (χ1n) is 6.35. The van der Waals surface area contributed by atoms with Crippen molar-refractivity contribution >= 4 is 11.6 Å². The van der Waals surface area contributed by atoms with E-state index in [2.05, 4.69) is 0 Å². The predicted octanol–water partition coefficient (Wildman–Crippen LogP) is 3.87. The molecule has 1 aliphatic heterocycles. The number of hydrogen-bond donors (Lipinski definition) is 0. The van der Waals surface area contributed by atoms with Gasteiger partial charge in [0.1, 0.15) is 5.38 Å². The highest BCUT2D eigenvalue weighted by Gasteiger charge is 2.46. The fourth-order valence-electron chi connectivity index (χ4n) is 2.40. The molecule has 1 aliphatic rings. The van der Waals surface area contributed by atoms with Crippen molar-refractivity contribution in [1.29, 1.82) is 0 Å². The topological polar surface area (TPSA) is 18.5 Å². The van der Waals surface area contributed by atoms with Crippen molar-refractivity contribution in [2.24, 2.45) is 0 Å². The molecule has 1 atom stereocenters. The number of halogens is 1. The molecular formula is C16H15ClO2. The van der Waals surface area contributed by atoms with Crippen molar-refractivity contribution in [2.45, 2.75) is 11.2 Å². The number of ether oxygens (including phenoxy) is 2. The molecule has 0 N–H and O–H groups in total. The Morgan fingerprint density at radius 2 is 1.37 bits per heavy atom. The quantitative estimate of drug-likeness (QED) is 0.791. The molecule has 0 bridgehead atoms. The van der Waals surface area contributed by atoms with Crippen LogP contribution in [0.2, 0.25) is 0 Å². The molecule has 0 aromatic heterocycles. The first kappa shape index (κ1) is 12.7. The van der Waals surface area contributed by atoms with Crippen LogP contribution >= 0.6 is 11.6 Å². The largest absolute Gasteiger partial charge is 0.342 e. The van der Waals surface area contributed by atoms with Gasteiger partial charge in [0.15, 0.2) is 0 Å². The van der Waals surface area contributed by atoms with Gasteiger partial charge in [-0.2, -0.15) is 0 Å². The van der Waals surface area contributed by atoms with Crippen molar-refractivity contribution in [3.05, 3.63) is 71.8 Å². The number of rotatable bonds is 3. The van der Waals surface area contributed by atoms with E-state index in [0.717, 1.165) is 11.1 Å². The van der Waals surface area contributed by atoms with Gasteiger partial charge in [0.2, 0.25) is 5.79 Å². The van der Waals surface area contributed by atoms with E-state index in [1.807, 2.05) is 60.7 Å². The molecule has 98 valence electrons. The molecular weight excluding hydrogens is 260 g/mol. The van der Waals surface area contributed by atoms with Crippen molar-refractivity contribution in [3.63, 3.8) is 0 Å². The van der Waals surface area contributed by atoms with Gasteiger partial charge in [0, 0.05) is 5.56 Å². The Morgan fingerprint density at radius 1 is 0.842 bits per heavy atom. The molecule has 0 radical (unpaired) electrons. The van der Waals surface area contributed by atoms with Crippen molar-refractivity contribution in [1.82, 2.24) is 0 Å². The zero-order chi connectivity index (χ0) is 13.1. The molecule has 1 unspecified atom stereocenters. The van der Waals surface area contributed by atoms with Gasteiger partial charge < -0.3 is 9.47 Å². The molecule has 3 rings (SSSR count). The molecule has 0 amide bonds. The summed E-state index contributed by atoms with van der Waals surface area (Å²) in [6.45, 7) is 1.12. The van der Waals surface area contributed by atoms with Gasteiger partial charge in [-0.25, -0.2) is 0 Å². The maximum Gasteiger partial charge on any atom is 0.216 e. The molecule has 3 heteroatoms. The van der Waals surface area contributed by atoms with E-state index >= 15 is 0 Å². The van der Waals surface area contributed by atoms with E-state index in [1.165, 1.54) is 0 Å². The summed E-state index contributed by atoms with van der Waals surface area (Å²) in [5.74, 6) is -0.885. The molecule has 0 spiro atoms. The maximum absolute atomic E-state index is 6.65. The van der Waals surface area contributed by atoms with E-state index in [0.29, 0.717) is 13.2 Å². The lowest BCUT2D eigenvalue weighted by atomic mass is 9.97. The SMILES string of the molecule is ClC(c1ccccc1)C1(c2ccccc2)OCCO1. The Hall–Kier alpha value is -1.35. The third kappa shape index (κ3) is 2.27. The van der Waals surface area contributed by atoms with Crippen LogP contribution in [0.1, 0.15) is 16.5 Å². The predicted molar refractivity (Wildman–Crippen MR) is 75.1 cm³/mol. The van der Waals surface area contributed by atoms with Crippen LogP contribution in [0.25, 0.3) is 0 Å². The van der Waals surface area contributed by atoms with Crippen molar-refractivity contribution in [2.75, 3.05) is 13.2 Å². The molecule has 1 saturated heterocycles. The summed E-state index contributed by atoms with van der Waals surface area (Å²) < 4.78 is 11.8. The van der Waals surface area contributed by atoms with E-state index < -0.39 is 5.79 Å². The van der Waals surface area contributed by atoms with E-state index in [4.69, 9.17) is 21.1 Å². The first-order valence-corrected chi connectivity index (χ1v) is 6.79. The Labute approximate surface area is 117 Å². The lowest BCUT2D eigenvalue weighted by Crippen LogP contribution is -2.32. The summed E-state index contributed by atoms with van der Waals surface area (Å²) in [6.07, 6.45) is 0. The van der Waals surface area contributed by atoms with Crippen LogP contribution in [-0.4, -0.2) is 13.2 Å². The molecule has 0 aliphatic carbocycles. The van der Waals surface area contributed by atoms with Gasteiger partial charge in [0.25, 0.3) is 0 Å². The number of alkyl halides is 1. The van der Waals surface area contributed by atoms with Crippen LogP contribution in [0.4, 0.5) is 0 Å². The number of hydrogen-bond acceptors (Lipinski definition) is 2. The third-order valence-corrected chi connectivity index (χ3v) is 3.86. The highest BCUT2D eigenvalue weighted by Crippen LogP contribution is 2.46. The fourth-order valence-corrected chi connectivity index (χ4v) is 2.80. The fraction of sp³-hybridized carbons (Fsp3) is 0.250. The minimum Gasteiger partial charge on any atom is -0.342 e. The monoisotopic (exact) mass is 274 g/mol. The zero-order valence-electron chi connectivity index (χ0n) is 10.5. The average Bonchev–Trinajstić information content (AvgIpc) is 2.99. The molecule has 1 fully saturated rings. The summed E-state index contributed by atoms with van der Waals surface area (Å²) >= 11 is 6.65. The molecule has 2 nitrogen and oxygen atoms in total. The van der Waals surface area contributed by atoms with E-state index in [-0.39, 0.29) is 5.38 Å². The highest BCUT2D eigenvalue weighted by molar-refractivity contribution is 6.21. The van der Waals surface area contributed by atoms with Crippen LogP contribution < -0.4 is 0 Å². The second-order valence-corrected chi connectivity index (χ2v) is 4.94. The Morgan fingerprint density at radius 3 is 1.95 bits per heavy atom. The minimum atomic E-state index is -0.885. The van der Waals surface area contributed by atoms with Crippen molar-refractivity contribution in [3.8, 4) is 0 Å². The second-order valence-electron chi connectivity index (χ2n) is 4.50. The van der Waals surface area contributed by atoms with Gasteiger partial charge in [-0.05, 0) is 5.56 Å². The van der Waals surface area contributed by atoms with Crippen LogP contribution in [0.5, 0.6) is 0 Å².